The van der Waals surface area contributed by atoms with Gasteiger partial charge in [0.15, 0.2) is 0 Å². The van der Waals surface area contributed by atoms with Crippen LogP contribution in [0.25, 0.3) is 0 Å². The number of halogens is 1. The maximum absolute atomic E-state index is 5.94. The Kier molecular flexibility index (Phi) is 4.46. The Balaban J connectivity index is 1.46. The van der Waals surface area contributed by atoms with Crippen molar-refractivity contribution in [3.8, 4) is 0 Å². The molecule has 21 heavy (non-hydrogen) atoms. The van der Waals surface area contributed by atoms with Gasteiger partial charge in [-0.25, -0.2) is 0 Å². The zero-order valence-electron chi connectivity index (χ0n) is 12.3. The highest BCUT2D eigenvalue weighted by molar-refractivity contribution is 6.30. The fraction of sp³-hybridized carbons (Fsp3) is 0.438. The molecule has 1 aromatic heterocycles. The number of aromatic nitrogens is 2. The van der Waals surface area contributed by atoms with Crippen molar-refractivity contribution in [2.24, 2.45) is 5.92 Å². The average molecular weight is 305 g/mol. The predicted molar refractivity (Wildman–Crippen MR) is 86.8 cm³/mol. The molecular formula is C16H21ClN4. The molecule has 1 fully saturated rings. The van der Waals surface area contributed by atoms with Gasteiger partial charge in [0.25, 0.3) is 0 Å². The summed E-state index contributed by atoms with van der Waals surface area (Å²) < 4.78 is 0. The number of nitrogens with zero attached hydrogens (tertiary/aromatic N) is 2. The third kappa shape index (κ3) is 3.57. The first-order valence-electron chi connectivity index (χ1n) is 7.42. The van der Waals surface area contributed by atoms with Gasteiger partial charge >= 0.3 is 0 Å². The van der Waals surface area contributed by atoms with Crippen molar-refractivity contribution < 1.29 is 0 Å². The second kappa shape index (κ2) is 6.50. The number of benzene rings is 1. The van der Waals surface area contributed by atoms with Gasteiger partial charge in [-0.05, 0) is 43.5 Å². The summed E-state index contributed by atoms with van der Waals surface area (Å²) in [5.74, 6) is 0.702. The molecule has 2 N–H and O–H groups in total. The summed E-state index contributed by atoms with van der Waals surface area (Å²) in [6, 6.07) is 8.13. The van der Waals surface area contributed by atoms with Gasteiger partial charge in [0, 0.05) is 48.1 Å². The summed E-state index contributed by atoms with van der Waals surface area (Å²) in [4.78, 5) is 2.44. The van der Waals surface area contributed by atoms with Crippen LogP contribution in [-0.4, -0.2) is 29.8 Å². The van der Waals surface area contributed by atoms with E-state index >= 15 is 0 Å². The van der Waals surface area contributed by atoms with Crippen LogP contribution in [0.2, 0.25) is 5.02 Å². The highest BCUT2D eigenvalue weighted by Crippen LogP contribution is 2.24. The summed E-state index contributed by atoms with van der Waals surface area (Å²) in [6.45, 7) is 6.23. The van der Waals surface area contributed by atoms with E-state index in [0.29, 0.717) is 5.92 Å². The second-order valence-corrected chi connectivity index (χ2v) is 6.16. The average Bonchev–Trinajstić information content (AvgIpc) is 3.10. The van der Waals surface area contributed by atoms with Crippen LogP contribution in [0.15, 0.2) is 30.5 Å². The molecule has 1 aliphatic heterocycles. The van der Waals surface area contributed by atoms with E-state index in [1.807, 2.05) is 18.3 Å². The fourth-order valence-corrected chi connectivity index (χ4v) is 2.98. The van der Waals surface area contributed by atoms with Crippen LogP contribution >= 0.6 is 11.6 Å². The van der Waals surface area contributed by atoms with E-state index in [2.05, 4.69) is 39.5 Å². The Morgan fingerprint density at radius 3 is 2.90 bits per heavy atom. The van der Waals surface area contributed by atoms with E-state index in [9.17, 15) is 0 Å². The Hall–Kier alpha value is -1.52. The van der Waals surface area contributed by atoms with Crippen molar-refractivity contribution in [1.82, 2.24) is 15.5 Å². The van der Waals surface area contributed by atoms with Crippen molar-refractivity contribution >= 4 is 17.3 Å². The van der Waals surface area contributed by atoms with Crippen molar-refractivity contribution in [3.63, 3.8) is 0 Å². The number of aryl methyl sites for hydroxylation is 1. The lowest BCUT2D eigenvalue weighted by Crippen LogP contribution is -2.26. The standard InChI is InChI=1S/C16H21ClN4/c1-12-14(10-19-20-12)9-18-8-13-6-7-21(11-13)16-4-2-15(17)3-5-16/h2-5,10,13,18H,6-9,11H2,1H3,(H,19,20)/t13-/m1/s1. The maximum Gasteiger partial charge on any atom is 0.0535 e. The molecule has 1 aromatic carbocycles. The minimum atomic E-state index is 0.702. The normalized spacial score (nSPS) is 18.4. The first kappa shape index (κ1) is 14.4. The van der Waals surface area contributed by atoms with Crippen molar-refractivity contribution in [2.75, 3.05) is 24.5 Å². The number of nitrogens with one attached hydrogen (secondary N) is 2. The topological polar surface area (TPSA) is 44.0 Å². The molecule has 0 spiro atoms. The molecule has 0 amide bonds. The van der Waals surface area contributed by atoms with Gasteiger partial charge < -0.3 is 10.2 Å². The molecule has 2 aromatic rings. The molecule has 4 nitrogen and oxygen atoms in total. The molecule has 0 unspecified atom stereocenters. The maximum atomic E-state index is 5.94. The minimum absolute atomic E-state index is 0.702. The number of H-pyrrole nitrogens is 1. The van der Waals surface area contributed by atoms with E-state index in [-0.39, 0.29) is 0 Å². The van der Waals surface area contributed by atoms with Gasteiger partial charge in [-0.15, -0.1) is 0 Å². The summed E-state index contributed by atoms with van der Waals surface area (Å²) >= 11 is 5.94. The Morgan fingerprint density at radius 2 is 2.19 bits per heavy atom. The third-order valence-electron chi connectivity index (χ3n) is 4.16. The molecule has 2 heterocycles. The van der Waals surface area contributed by atoms with Gasteiger partial charge in [-0.1, -0.05) is 11.6 Å². The highest BCUT2D eigenvalue weighted by Gasteiger charge is 2.22. The lowest BCUT2D eigenvalue weighted by Gasteiger charge is -2.19. The first-order chi connectivity index (χ1) is 10.2. The SMILES string of the molecule is Cc1[nH]ncc1CNC[C@H]1CCN(c2ccc(Cl)cc2)C1. The molecule has 1 atom stereocenters. The summed E-state index contributed by atoms with van der Waals surface area (Å²) in [5, 5.41) is 11.4. The molecule has 1 aliphatic rings. The second-order valence-electron chi connectivity index (χ2n) is 5.73. The van der Waals surface area contributed by atoms with E-state index in [0.717, 1.165) is 36.9 Å². The number of hydrogen-bond acceptors (Lipinski definition) is 3. The summed E-state index contributed by atoms with van der Waals surface area (Å²) in [7, 11) is 0. The molecule has 0 radical (unpaired) electrons. The summed E-state index contributed by atoms with van der Waals surface area (Å²) in [5.41, 5.74) is 3.67. The Bertz CT molecular complexity index is 578. The van der Waals surface area contributed by atoms with Gasteiger partial charge in [0.05, 0.1) is 6.20 Å². The number of aromatic amines is 1. The van der Waals surface area contributed by atoms with Crippen LogP contribution in [0, 0.1) is 12.8 Å². The summed E-state index contributed by atoms with van der Waals surface area (Å²) in [6.07, 6.45) is 3.14. The molecular weight excluding hydrogens is 284 g/mol. The number of anilines is 1. The molecule has 5 heteroatoms. The highest BCUT2D eigenvalue weighted by atomic mass is 35.5. The number of hydrogen-bond donors (Lipinski definition) is 2. The zero-order chi connectivity index (χ0) is 14.7. The third-order valence-corrected chi connectivity index (χ3v) is 4.41. The smallest absolute Gasteiger partial charge is 0.0535 e. The molecule has 0 saturated carbocycles. The number of rotatable bonds is 5. The lowest BCUT2D eigenvalue weighted by molar-refractivity contribution is 0.516. The largest absolute Gasteiger partial charge is 0.371 e. The zero-order valence-corrected chi connectivity index (χ0v) is 13.0. The van der Waals surface area contributed by atoms with E-state index in [1.165, 1.54) is 17.7 Å². The van der Waals surface area contributed by atoms with Crippen LogP contribution in [0.1, 0.15) is 17.7 Å². The van der Waals surface area contributed by atoms with Crippen molar-refractivity contribution in [2.45, 2.75) is 19.9 Å². The molecule has 112 valence electrons. The van der Waals surface area contributed by atoms with Crippen LogP contribution in [-0.2, 0) is 6.54 Å². The van der Waals surface area contributed by atoms with Crippen molar-refractivity contribution in [1.29, 1.82) is 0 Å². The van der Waals surface area contributed by atoms with Crippen LogP contribution in [0.3, 0.4) is 0 Å². The van der Waals surface area contributed by atoms with Gasteiger partial charge in [-0.3, -0.25) is 5.10 Å². The van der Waals surface area contributed by atoms with E-state index in [4.69, 9.17) is 11.6 Å². The van der Waals surface area contributed by atoms with Gasteiger partial charge in [0.2, 0.25) is 0 Å². The first-order valence-corrected chi connectivity index (χ1v) is 7.80. The van der Waals surface area contributed by atoms with Crippen molar-refractivity contribution in [3.05, 3.63) is 46.7 Å². The Labute approximate surface area is 130 Å². The molecule has 0 bridgehead atoms. The quantitative estimate of drug-likeness (QED) is 0.892. The van der Waals surface area contributed by atoms with Gasteiger partial charge in [-0.2, -0.15) is 5.10 Å². The predicted octanol–water partition coefficient (Wildman–Crippen LogP) is 2.99. The monoisotopic (exact) mass is 304 g/mol. The lowest BCUT2D eigenvalue weighted by atomic mass is 10.1. The van der Waals surface area contributed by atoms with E-state index < -0.39 is 0 Å². The van der Waals surface area contributed by atoms with Crippen LogP contribution < -0.4 is 10.2 Å². The van der Waals surface area contributed by atoms with Gasteiger partial charge in [0.1, 0.15) is 0 Å². The minimum Gasteiger partial charge on any atom is -0.371 e. The Morgan fingerprint density at radius 1 is 1.38 bits per heavy atom. The van der Waals surface area contributed by atoms with E-state index in [1.54, 1.807) is 0 Å². The van der Waals surface area contributed by atoms with Crippen LogP contribution in [0.4, 0.5) is 5.69 Å². The van der Waals surface area contributed by atoms with Crippen LogP contribution in [0.5, 0.6) is 0 Å². The molecule has 1 saturated heterocycles. The fourth-order valence-electron chi connectivity index (χ4n) is 2.85. The molecule has 3 rings (SSSR count). The molecule has 0 aliphatic carbocycles.